The first kappa shape index (κ1) is 16.7. The van der Waals surface area contributed by atoms with E-state index >= 15 is 0 Å². The number of aryl methyl sites for hydroxylation is 1. The first-order valence-corrected chi connectivity index (χ1v) is 7.59. The van der Waals surface area contributed by atoms with E-state index in [0.717, 1.165) is 5.56 Å². The second-order valence-electron chi connectivity index (χ2n) is 5.80. The highest BCUT2D eigenvalue weighted by Crippen LogP contribution is 2.18. The second kappa shape index (κ2) is 7.09. The van der Waals surface area contributed by atoms with E-state index in [4.69, 9.17) is 0 Å². The van der Waals surface area contributed by atoms with Crippen molar-refractivity contribution in [3.63, 3.8) is 0 Å². The van der Waals surface area contributed by atoms with Crippen LogP contribution in [0.1, 0.15) is 45.7 Å². The standard InChI is InChI=1S/C19H21NO3/c1-13(2)20(18(21)16-10-6-4-8-14(16)3)12-15-9-5-7-11-17(15)19(22)23/h4-11,13H,12H2,1-3H3,(H,22,23). The van der Waals surface area contributed by atoms with E-state index < -0.39 is 5.97 Å². The van der Waals surface area contributed by atoms with Crippen molar-refractivity contribution in [1.29, 1.82) is 0 Å². The zero-order valence-electron chi connectivity index (χ0n) is 13.6. The third-order valence-electron chi connectivity index (χ3n) is 3.85. The molecular formula is C19H21NO3. The Morgan fingerprint density at radius 3 is 2.13 bits per heavy atom. The average molecular weight is 311 g/mol. The summed E-state index contributed by atoms with van der Waals surface area (Å²) in [5.74, 6) is -1.06. The van der Waals surface area contributed by atoms with Crippen LogP contribution in [0, 0.1) is 6.92 Å². The van der Waals surface area contributed by atoms with E-state index in [-0.39, 0.29) is 24.1 Å². The monoisotopic (exact) mass is 311 g/mol. The van der Waals surface area contributed by atoms with Gasteiger partial charge in [-0.2, -0.15) is 0 Å². The molecule has 4 nitrogen and oxygen atoms in total. The number of nitrogens with zero attached hydrogens (tertiary/aromatic N) is 1. The molecule has 0 atom stereocenters. The van der Waals surface area contributed by atoms with Gasteiger partial charge in [0.25, 0.3) is 5.91 Å². The number of carbonyl (C=O) groups excluding carboxylic acids is 1. The lowest BCUT2D eigenvalue weighted by Crippen LogP contribution is -2.37. The van der Waals surface area contributed by atoms with Crippen LogP contribution in [0.2, 0.25) is 0 Å². The fraction of sp³-hybridized carbons (Fsp3) is 0.263. The maximum atomic E-state index is 12.9. The summed E-state index contributed by atoms with van der Waals surface area (Å²) in [7, 11) is 0. The van der Waals surface area contributed by atoms with Gasteiger partial charge in [0, 0.05) is 18.2 Å². The molecule has 0 spiro atoms. The Bertz CT molecular complexity index is 722. The molecule has 23 heavy (non-hydrogen) atoms. The van der Waals surface area contributed by atoms with E-state index in [1.807, 2.05) is 39.0 Å². The van der Waals surface area contributed by atoms with Gasteiger partial charge in [0.1, 0.15) is 0 Å². The molecule has 2 aromatic rings. The van der Waals surface area contributed by atoms with Crippen LogP contribution in [0.3, 0.4) is 0 Å². The predicted molar refractivity (Wildman–Crippen MR) is 89.6 cm³/mol. The molecule has 0 bridgehead atoms. The van der Waals surface area contributed by atoms with Gasteiger partial charge in [-0.15, -0.1) is 0 Å². The van der Waals surface area contributed by atoms with Crippen molar-refractivity contribution in [1.82, 2.24) is 4.90 Å². The Morgan fingerprint density at radius 1 is 1.00 bits per heavy atom. The maximum absolute atomic E-state index is 12.9. The molecule has 0 aliphatic rings. The Labute approximate surface area is 136 Å². The third-order valence-corrected chi connectivity index (χ3v) is 3.85. The zero-order chi connectivity index (χ0) is 17.0. The smallest absolute Gasteiger partial charge is 0.336 e. The lowest BCUT2D eigenvalue weighted by molar-refractivity contribution is 0.0661. The molecule has 0 aromatic heterocycles. The number of rotatable bonds is 5. The summed E-state index contributed by atoms with van der Waals surface area (Å²) in [6.45, 7) is 6.03. The normalized spacial score (nSPS) is 10.6. The number of hydrogen-bond donors (Lipinski definition) is 1. The molecule has 0 saturated heterocycles. The number of carbonyl (C=O) groups is 2. The Hall–Kier alpha value is -2.62. The molecule has 0 saturated carbocycles. The Balaban J connectivity index is 2.36. The van der Waals surface area contributed by atoms with Crippen molar-refractivity contribution in [3.8, 4) is 0 Å². The summed E-state index contributed by atoms with van der Waals surface area (Å²) in [5, 5.41) is 9.31. The molecule has 0 fully saturated rings. The summed E-state index contributed by atoms with van der Waals surface area (Å²) in [4.78, 5) is 25.9. The number of aromatic carboxylic acids is 1. The predicted octanol–water partition coefficient (Wildman–Crippen LogP) is 3.74. The van der Waals surface area contributed by atoms with Crippen LogP contribution in [0.15, 0.2) is 48.5 Å². The summed E-state index contributed by atoms with van der Waals surface area (Å²) >= 11 is 0. The Morgan fingerprint density at radius 2 is 1.57 bits per heavy atom. The molecule has 0 aliphatic heterocycles. The fourth-order valence-electron chi connectivity index (χ4n) is 2.51. The molecule has 0 heterocycles. The van der Waals surface area contributed by atoms with Crippen LogP contribution in [0.5, 0.6) is 0 Å². The van der Waals surface area contributed by atoms with Crippen LogP contribution >= 0.6 is 0 Å². The third kappa shape index (κ3) is 3.77. The number of hydrogen-bond acceptors (Lipinski definition) is 2. The lowest BCUT2D eigenvalue weighted by Gasteiger charge is -2.28. The SMILES string of the molecule is Cc1ccccc1C(=O)N(Cc1ccccc1C(=O)O)C(C)C. The first-order valence-electron chi connectivity index (χ1n) is 7.59. The van der Waals surface area contributed by atoms with Crippen LogP contribution in [-0.2, 0) is 6.54 Å². The molecule has 0 unspecified atom stereocenters. The molecule has 120 valence electrons. The van der Waals surface area contributed by atoms with Gasteiger partial charge in [0.15, 0.2) is 0 Å². The zero-order valence-corrected chi connectivity index (χ0v) is 13.6. The molecular weight excluding hydrogens is 290 g/mol. The largest absolute Gasteiger partial charge is 0.478 e. The van der Waals surface area contributed by atoms with E-state index in [1.165, 1.54) is 0 Å². The highest BCUT2D eigenvalue weighted by molar-refractivity contribution is 5.96. The van der Waals surface area contributed by atoms with Crippen LogP contribution in [0.4, 0.5) is 0 Å². The van der Waals surface area contributed by atoms with Gasteiger partial charge >= 0.3 is 5.97 Å². The first-order chi connectivity index (χ1) is 10.9. The van der Waals surface area contributed by atoms with Crippen molar-refractivity contribution in [2.45, 2.75) is 33.4 Å². The molecule has 0 radical (unpaired) electrons. The number of benzene rings is 2. The van der Waals surface area contributed by atoms with Crippen molar-refractivity contribution in [2.75, 3.05) is 0 Å². The van der Waals surface area contributed by atoms with E-state index in [2.05, 4.69) is 0 Å². The van der Waals surface area contributed by atoms with E-state index in [0.29, 0.717) is 11.1 Å². The highest BCUT2D eigenvalue weighted by Gasteiger charge is 2.22. The summed E-state index contributed by atoms with van der Waals surface area (Å²) in [6, 6.07) is 14.2. The number of carboxylic acids is 1. The van der Waals surface area contributed by atoms with Gasteiger partial charge in [-0.25, -0.2) is 4.79 Å². The molecule has 4 heteroatoms. The van der Waals surface area contributed by atoms with E-state index in [1.54, 1.807) is 35.2 Å². The molecule has 2 rings (SSSR count). The molecule has 0 aliphatic carbocycles. The second-order valence-corrected chi connectivity index (χ2v) is 5.80. The molecule has 2 aromatic carbocycles. The van der Waals surface area contributed by atoms with Gasteiger partial charge in [-0.3, -0.25) is 4.79 Å². The minimum Gasteiger partial charge on any atom is -0.478 e. The van der Waals surface area contributed by atoms with Crippen molar-refractivity contribution in [3.05, 3.63) is 70.8 Å². The topological polar surface area (TPSA) is 57.6 Å². The minimum atomic E-state index is -0.979. The van der Waals surface area contributed by atoms with Crippen LogP contribution < -0.4 is 0 Å². The Kier molecular flexibility index (Phi) is 5.16. The van der Waals surface area contributed by atoms with Crippen molar-refractivity contribution >= 4 is 11.9 Å². The average Bonchev–Trinajstić information content (AvgIpc) is 2.52. The lowest BCUT2D eigenvalue weighted by atomic mass is 10.0. The van der Waals surface area contributed by atoms with Crippen LogP contribution in [-0.4, -0.2) is 27.9 Å². The van der Waals surface area contributed by atoms with Gasteiger partial charge in [-0.05, 0) is 44.0 Å². The maximum Gasteiger partial charge on any atom is 0.336 e. The highest BCUT2D eigenvalue weighted by atomic mass is 16.4. The van der Waals surface area contributed by atoms with E-state index in [9.17, 15) is 14.7 Å². The summed E-state index contributed by atoms with van der Waals surface area (Å²) < 4.78 is 0. The van der Waals surface area contributed by atoms with Gasteiger partial charge < -0.3 is 10.0 Å². The van der Waals surface area contributed by atoms with Gasteiger partial charge in [0.2, 0.25) is 0 Å². The van der Waals surface area contributed by atoms with Crippen LogP contribution in [0.25, 0.3) is 0 Å². The van der Waals surface area contributed by atoms with Crippen molar-refractivity contribution < 1.29 is 14.7 Å². The number of carboxylic acid groups (broad SMARTS) is 1. The van der Waals surface area contributed by atoms with Gasteiger partial charge in [0.05, 0.1) is 5.56 Å². The summed E-state index contributed by atoms with van der Waals surface area (Å²) in [5.41, 5.74) is 2.43. The summed E-state index contributed by atoms with van der Waals surface area (Å²) in [6.07, 6.45) is 0. The quantitative estimate of drug-likeness (QED) is 0.915. The number of amides is 1. The van der Waals surface area contributed by atoms with Gasteiger partial charge in [-0.1, -0.05) is 36.4 Å². The van der Waals surface area contributed by atoms with Crippen molar-refractivity contribution in [2.24, 2.45) is 0 Å². The fourth-order valence-corrected chi connectivity index (χ4v) is 2.51. The molecule has 1 amide bonds. The minimum absolute atomic E-state index is 0.0380. The molecule has 1 N–H and O–H groups in total.